The highest BCUT2D eigenvalue weighted by molar-refractivity contribution is 8.01. The lowest BCUT2D eigenvalue weighted by Crippen LogP contribution is -2.27. The van der Waals surface area contributed by atoms with Crippen LogP contribution in [0.5, 0.6) is 0 Å². The molecule has 0 aliphatic rings. The summed E-state index contributed by atoms with van der Waals surface area (Å²) in [6, 6.07) is 0. The van der Waals surface area contributed by atoms with E-state index in [0.29, 0.717) is 18.1 Å². The van der Waals surface area contributed by atoms with Crippen molar-refractivity contribution in [1.82, 2.24) is 20.5 Å². The second-order valence-corrected chi connectivity index (χ2v) is 6.32. The van der Waals surface area contributed by atoms with Gasteiger partial charge in [-0.3, -0.25) is 9.89 Å². The SMILES string of the molecule is Cc1nc(CNC(=O)CSC(C)(C)C)n[nH]1. The molecule has 1 aromatic heterocycles. The van der Waals surface area contributed by atoms with E-state index in [2.05, 4.69) is 41.3 Å². The lowest BCUT2D eigenvalue weighted by molar-refractivity contribution is -0.118. The minimum atomic E-state index is 0.0161. The molecular weight excluding hydrogens is 224 g/mol. The largest absolute Gasteiger partial charge is 0.348 e. The molecule has 0 bridgehead atoms. The Bertz CT molecular complexity index is 356. The van der Waals surface area contributed by atoms with Gasteiger partial charge in [-0.15, -0.1) is 11.8 Å². The standard InChI is InChI=1S/C10H18N4OS/c1-7-12-8(14-13-7)5-11-9(15)6-16-10(2,3)4/h5-6H2,1-4H3,(H,11,15)(H,12,13,14). The maximum absolute atomic E-state index is 11.5. The van der Waals surface area contributed by atoms with Gasteiger partial charge in [0.25, 0.3) is 0 Å². The van der Waals surface area contributed by atoms with Crippen LogP contribution in [-0.2, 0) is 11.3 Å². The van der Waals surface area contributed by atoms with Gasteiger partial charge < -0.3 is 5.32 Å². The van der Waals surface area contributed by atoms with E-state index in [1.54, 1.807) is 11.8 Å². The summed E-state index contributed by atoms with van der Waals surface area (Å²) in [5, 5.41) is 9.45. The van der Waals surface area contributed by atoms with Crippen molar-refractivity contribution in [3.8, 4) is 0 Å². The molecule has 0 fully saturated rings. The van der Waals surface area contributed by atoms with E-state index in [9.17, 15) is 4.79 Å². The predicted octanol–water partition coefficient (Wildman–Crippen LogP) is 1.26. The molecule has 1 amide bonds. The number of rotatable bonds is 4. The first-order chi connectivity index (χ1) is 7.37. The third-order valence-corrected chi connectivity index (χ3v) is 3.00. The van der Waals surface area contributed by atoms with Gasteiger partial charge in [0.1, 0.15) is 5.82 Å². The molecule has 5 nitrogen and oxygen atoms in total. The number of aromatic nitrogens is 3. The van der Waals surface area contributed by atoms with E-state index in [0.717, 1.165) is 5.82 Å². The monoisotopic (exact) mass is 242 g/mol. The van der Waals surface area contributed by atoms with Gasteiger partial charge in [0.2, 0.25) is 5.91 Å². The number of hydrogen-bond donors (Lipinski definition) is 2. The molecule has 0 unspecified atom stereocenters. The molecule has 0 saturated carbocycles. The molecule has 0 aliphatic heterocycles. The van der Waals surface area contributed by atoms with Gasteiger partial charge in [0.15, 0.2) is 5.82 Å². The molecule has 0 atom stereocenters. The number of H-pyrrole nitrogens is 1. The summed E-state index contributed by atoms with van der Waals surface area (Å²) in [6.45, 7) is 8.47. The van der Waals surface area contributed by atoms with Crippen molar-refractivity contribution in [2.45, 2.75) is 39.0 Å². The number of nitrogens with zero attached hydrogens (tertiary/aromatic N) is 2. The average Bonchev–Trinajstić information content (AvgIpc) is 2.57. The van der Waals surface area contributed by atoms with Crippen molar-refractivity contribution in [2.24, 2.45) is 0 Å². The normalized spacial score (nSPS) is 11.5. The summed E-state index contributed by atoms with van der Waals surface area (Å²) >= 11 is 1.62. The van der Waals surface area contributed by atoms with Crippen LogP contribution < -0.4 is 5.32 Å². The number of amides is 1. The zero-order valence-electron chi connectivity index (χ0n) is 10.1. The fourth-order valence-electron chi connectivity index (χ4n) is 0.979. The number of aromatic amines is 1. The molecule has 90 valence electrons. The first-order valence-corrected chi connectivity index (χ1v) is 6.14. The van der Waals surface area contributed by atoms with Crippen LogP contribution in [0.3, 0.4) is 0 Å². The molecule has 1 aromatic rings. The van der Waals surface area contributed by atoms with Gasteiger partial charge in [-0.1, -0.05) is 20.8 Å². The van der Waals surface area contributed by atoms with Crippen LogP contribution >= 0.6 is 11.8 Å². The zero-order chi connectivity index (χ0) is 12.2. The minimum absolute atomic E-state index is 0.0161. The fourth-order valence-corrected chi connectivity index (χ4v) is 1.64. The first kappa shape index (κ1) is 13.0. The van der Waals surface area contributed by atoms with Crippen molar-refractivity contribution in [3.05, 3.63) is 11.6 Å². The third kappa shape index (κ3) is 5.16. The number of thioether (sulfide) groups is 1. The van der Waals surface area contributed by atoms with Gasteiger partial charge >= 0.3 is 0 Å². The number of carbonyl (C=O) groups is 1. The Balaban J connectivity index is 2.25. The van der Waals surface area contributed by atoms with Gasteiger partial charge in [-0.2, -0.15) is 5.10 Å². The van der Waals surface area contributed by atoms with Crippen LogP contribution in [0.4, 0.5) is 0 Å². The zero-order valence-corrected chi connectivity index (χ0v) is 10.9. The summed E-state index contributed by atoms with van der Waals surface area (Å²) < 4.78 is 0.110. The third-order valence-electron chi connectivity index (χ3n) is 1.72. The van der Waals surface area contributed by atoms with Gasteiger partial charge in [0, 0.05) is 4.75 Å². The summed E-state index contributed by atoms with van der Waals surface area (Å²) in [5.41, 5.74) is 0. The summed E-state index contributed by atoms with van der Waals surface area (Å²) in [7, 11) is 0. The van der Waals surface area contributed by atoms with E-state index >= 15 is 0 Å². The molecule has 16 heavy (non-hydrogen) atoms. The lowest BCUT2D eigenvalue weighted by Gasteiger charge is -2.16. The van der Waals surface area contributed by atoms with E-state index in [1.165, 1.54) is 0 Å². The average molecular weight is 242 g/mol. The van der Waals surface area contributed by atoms with Crippen LogP contribution in [0.1, 0.15) is 32.4 Å². The van der Waals surface area contributed by atoms with Gasteiger partial charge in [0.05, 0.1) is 12.3 Å². The maximum Gasteiger partial charge on any atom is 0.230 e. The van der Waals surface area contributed by atoms with E-state index in [1.807, 2.05) is 6.92 Å². The molecular formula is C10H18N4OS. The molecule has 0 radical (unpaired) electrons. The summed E-state index contributed by atoms with van der Waals surface area (Å²) in [5.74, 6) is 1.86. The van der Waals surface area contributed by atoms with E-state index in [4.69, 9.17) is 0 Å². The van der Waals surface area contributed by atoms with Crippen molar-refractivity contribution < 1.29 is 4.79 Å². The Morgan fingerprint density at radius 3 is 2.69 bits per heavy atom. The van der Waals surface area contributed by atoms with Crippen LogP contribution in [0, 0.1) is 6.92 Å². The molecule has 0 aromatic carbocycles. The Hall–Kier alpha value is -1.04. The summed E-state index contributed by atoms with van der Waals surface area (Å²) in [4.78, 5) is 15.6. The topological polar surface area (TPSA) is 70.7 Å². The molecule has 1 rings (SSSR count). The molecule has 1 heterocycles. The molecule has 0 saturated heterocycles. The predicted molar refractivity (Wildman–Crippen MR) is 65.2 cm³/mol. The molecule has 2 N–H and O–H groups in total. The maximum atomic E-state index is 11.5. The first-order valence-electron chi connectivity index (χ1n) is 5.15. The van der Waals surface area contributed by atoms with Gasteiger partial charge in [-0.05, 0) is 6.92 Å². The van der Waals surface area contributed by atoms with E-state index in [-0.39, 0.29) is 10.7 Å². The van der Waals surface area contributed by atoms with Crippen molar-refractivity contribution in [2.75, 3.05) is 5.75 Å². The van der Waals surface area contributed by atoms with Crippen LogP contribution in [0.15, 0.2) is 0 Å². The van der Waals surface area contributed by atoms with E-state index < -0.39 is 0 Å². The highest BCUT2D eigenvalue weighted by Crippen LogP contribution is 2.22. The number of carbonyl (C=O) groups excluding carboxylic acids is 1. The Morgan fingerprint density at radius 1 is 1.50 bits per heavy atom. The smallest absolute Gasteiger partial charge is 0.230 e. The Morgan fingerprint density at radius 2 is 2.19 bits per heavy atom. The second kappa shape index (κ2) is 5.34. The fraction of sp³-hybridized carbons (Fsp3) is 0.700. The number of aryl methyl sites for hydroxylation is 1. The molecule has 0 aliphatic carbocycles. The molecule has 6 heteroatoms. The Kier molecular flexibility index (Phi) is 4.35. The van der Waals surface area contributed by atoms with Crippen LogP contribution in [-0.4, -0.2) is 31.6 Å². The lowest BCUT2D eigenvalue weighted by atomic mass is 10.3. The highest BCUT2D eigenvalue weighted by Gasteiger charge is 2.13. The molecule has 0 spiro atoms. The summed E-state index contributed by atoms with van der Waals surface area (Å²) in [6.07, 6.45) is 0. The minimum Gasteiger partial charge on any atom is -0.348 e. The van der Waals surface area contributed by atoms with Crippen molar-refractivity contribution in [1.29, 1.82) is 0 Å². The number of hydrogen-bond acceptors (Lipinski definition) is 4. The van der Waals surface area contributed by atoms with Gasteiger partial charge in [-0.25, -0.2) is 4.98 Å². The number of nitrogens with one attached hydrogen (secondary N) is 2. The van der Waals surface area contributed by atoms with Crippen LogP contribution in [0.2, 0.25) is 0 Å². The quantitative estimate of drug-likeness (QED) is 0.834. The van der Waals surface area contributed by atoms with Crippen molar-refractivity contribution in [3.63, 3.8) is 0 Å². The van der Waals surface area contributed by atoms with Crippen molar-refractivity contribution >= 4 is 17.7 Å². The second-order valence-electron chi connectivity index (χ2n) is 4.51. The highest BCUT2D eigenvalue weighted by atomic mass is 32.2. The Labute approximate surface area is 99.8 Å². The van der Waals surface area contributed by atoms with Crippen LogP contribution in [0.25, 0.3) is 0 Å².